The second-order valence-electron chi connectivity index (χ2n) is 10.3. The maximum Gasteiger partial charge on any atom is 0.413 e. The van der Waals surface area contributed by atoms with Crippen molar-refractivity contribution in [1.82, 2.24) is 20.5 Å². The van der Waals surface area contributed by atoms with Crippen molar-refractivity contribution in [2.75, 3.05) is 11.9 Å². The number of nitrogens with one attached hydrogen (secondary N) is 3. The predicted molar refractivity (Wildman–Crippen MR) is 156 cm³/mol. The van der Waals surface area contributed by atoms with Gasteiger partial charge in [-0.25, -0.2) is 4.98 Å². The zero-order valence-corrected chi connectivity index (χ0v) is 23.8. The second kappa shape index (κ2) is 14.5. The number of allylic oxidation sites excluding steroid dienone is 1. The summed E-state index contributed by atoms with van der Waals surface area (Å²) in [7, 11) is 0. The number of hydrazone groups is 1. The Bertz CT molecular complexity index is 1330. The number of hydrogen-bond acceptors (Lipinski definition) is 7. The lowest BCUT2D eigenvalue weighted by Crippen LogP contribution is -2.58. The quantitative estimate of drug-likeness (QED) is 0.0635. The van der Waals surface area contributed by atoms with E-state index in [0.29, 0.717) is 43.5 Å². The summed E-state index contributed by atoms with van der Waals surface area (Å²) in [5.41, 5.74) is -0.351. The number of amides is 1. The average molecular weight is 584 g/mol. The normalized spacial score (nSPS) is 18.8. The number of benzene rings is 1. The van der Waals surface area contributed by atoms with E-state index in [-0.39, 0.29) is 11.7 Å². The minimum atomic E-state index is -4.61. The molecule has 12 heteroatoms. The third-order valence-corrected chi connectivity index (χ3v) is 7.04. The van der Waals surface area contributed by atoms with Crippen molar-refractivity contribution in [3.63, 3.8) is 0 Å². The van der Waals surface area contributed by atoms with Gasteiger partial charge in [0.15, 0.2) is 12.1 Å². The molecule has 3 atom stereocenters. The van der Waals surface area contributed by atoms with Crippen molar-refractivity contribution >= 4 is 23.8 Å². The van der Waals surface area contributed by atoms with Crippen molar-refractivity contribution in [2.45, 2.75) is 70.3 Å². The first kappa shape index (κ1) is 32.1. The third kappa shape index (κ3) is 8.81. The van der Waals surface area contributed by atoms with Crippen molar-refractivity contribution in [3.05, 3.63) is 71.6 Å². The Kier molecular flexibility index (Phi) is 11.1. The van der Waals surface area contributed by atoms with Crippen LogP contribution in [0.2, 0.25) is 0 Å². The van der Waals surface area contributed by atoms with Crippen LogP contribution in [0.5, 0.6) is 0 Å². The Hall–Kier alpha value is -4.37. The van der Waals surface area contributed by atoms with Crippen LogP contribution in [0.4, 0.5) is 19.0 Å². The topological polar surface area (TPSA) is 125 Å². The number of amidine groups is 1. The maximum atomic E-state index is 13.7. The summed E-state index contributed by atoms with van der Waals surface area (Å²) in [6.07, 6.45) is 0.575. The van der Waals surface area contributed by atoms with Gasteiger partial charge in [-0.05, 0) is 70.7 Å². The summed E-state index contributed by atoms with van der Waals surface area (Å²) in [6, 6.07) is 13.6. The molecule has 0 spiro atoms. The molecule has 1 fully saturated rings. The van der Waals surface area contributed by atoms with E-state index in [1.165, 1.54) is 11.1 Å². The van der Waals surface area contributed by atoms with Crippen molar-refractivity contribution in [2.24, 2.45) is 10.9 Å². The SMILES string of the molecule is C/C(=C\N(/C(=N\N)[C@@H](CCc1ccccc1)NC(=O)C1(C)CCCN1)C(C)C#CNc1ccc(C=O)cn1)C(F)(F)F. The van der Waals surface area contributed by atoms with Crippen LogP contribution >= 0.6 is 0 Å². The fourth-order valence-corrected chi connectivity index (χ4v) is 4.45. The first-order valence-corrected chi connectivity index (χ1v) is 13.6. The van der Waals surface area contributed by atoms with Gasteiger partial charge in [0.05, 0.1) is 17.6 Å². The summed E-state index contributed by atoms with van der Waals surface area (Å²) >= 11 is 0. The number of pyridine rings is 1. The average Bonchev–Trinajstić information content (AvgIpc) is 3.43. The van der Waals surface area contributed by atoms with E-state index in [2.05, 4.69) is 38.0 Å². The minimum absolute atomic E-state index is 0.0275. The number of rotatable bonds is 10. The number of alkyl halides is 3. The van der Waals surface area contributed by atoms with Crippen molar-refractivity contribution in [3.8, 4) is 12.0 Å². The van der Waals surface area contributed by atoms with Crippen LogP contribution in [-0.2, 0) is 11.2 Å². The molecule has 0 aliphatic carbocycles. The van der Waals surface area contributed by atoms with Gasteiger partial charge in [-0.15, -0.1) is 0 Å². The molecule has 42 heavy (non-hydrogen) atoms. The molecule has 0 radical (unpaired) electrons. The summed E-state index contributed by atoms with van der Waals surface area (Å²) < 4.78 is 41.1. The largest absolute Gasteiger partial charge is 0.413 e. The lowest BCUT2D eigenvalue weighted by atomic mass is 9.97. The Balaban J connectivity index is 1.95. The number of carbonyl (C=O) groups excluding carboxylic acids is 2. The standard InChI is InChI=1S/C30H36F3N7O2/c1-21(30(31,32)33)19-40(22(2)14-17-35-26-13-11-24(20-41)18-36-26)27(39-34)25(12-10-23-8-5-4-6-9-23)38-28(42)29(3)15-7-16-37-29/h4-6,8-9,11,13,18-20,22,25,37H,7,10,12,15-16,34H2,1-3H3,(H,35,36)(H,38,42)/b21-19+,39-27-/t22?,25-,29?/m1/s1. The fourth-order valence-electron chi connectivity index (χ4n) is 4.45. The highest BCUT2D eigenvalue weighted by Crippen LogP contribution is 2.26. The number of aryl methyl sites for hydroxylation is 1. The molecule has 2 aromatic rings. The Labute approximate surface area is 243 Å². The Morgan fingerprint density at radius 2 is 2.02 bits per heavy atom. The molecule has 2 heterocycles. The molecule has 3 rings (SSSR count). The van der Waals surface area contributed by atoms with Gasteiger partial charge in [-0.1, -0.05) is 36.3 Å². The van der Waals surface area contributed by atoms with Crippen LogP contribution in [0.1, 0.15) is 56.0 Å². The number of nitrogens with two attached hydrogens (primary N) is 1. The van der Waals surface area contributed by atoms with Gasteiger partial charge in [0.1, 0.15) is 5.82 Å². The molecule has 1 saturated heterocycles. The number of nitrogens with zero attached hydrogens (tertiary/aromatic N) is 3. The molecule has 5 N–H and O–H groups in total. The van der Waals surface area contributed by atoms with Crippen molar-refractivity contribution in [1.29, 1.82) is 0 Å². The Morgan fingerprint density at radius 1 is 1.29 bits per heavy atom. The molecular formula is C30H36F3N7O2. The lowest BCUT2D eigenvalue weighted by Gasteiger charge is -2.33. The summed E-state index contributed by atoms with van der Waals surface area (Å²) in [5, 5.41) is 12.9. The van der Waals surface area contributed by atoms with Gasteiger partial charge in [-0.2, -0.15) is 18.3 Å². The highest BCUT2D eigenvalue weighted by Gasteiger charge is 2.39. The van der Waals surface area contributed by atoms with Crippen LogP contribution in [0.25, 0.3) is 0 Å². The smallest absolute Gasteiger partial charge is 0.344 e. The number of carbonyl (C=O) groups is 2. The van der Waals surface area contributed by atoms with E-state index in [1.54, 1.807) is 26.0 Å². The number of aldehydes is 1. The molecule has 0 saturated carbocycles. The van der Waals surface area contributed by atoms with Crippen LogP contribution in [-0.4, -0.2) is 58.3 Å². The summed E-state index contributed by atoms with van der Waals surface area (Å²) in [6.45, 7) is 5.02. The van der Waals surface area contributed by atoms with Gasteiger partial charge in [-0.3, -0.25) is 14.9 Å². The summed E-state index contributed by atoms with van der Waals surface area (Å²) in [4.78, 5) is 29.6. The molecular weight excluding hydrogens is 547 g/mol. The first-order valence-electron chi connectivity index (χ1n) is 13.6. The van der Waals surface area contributed by atoms with E-state index in [9.17, 15) is 22.8 Å². The number of anilines is 1. The zero-order valence-electron chi connectivity index (χ0n) is 23.8. The molecule has 1 aliphatic rings. The van der Waals surface area contributed by atoms with E-state index in [4.69, 9.17) is 5.84 Å². The van der Waals surface area contributed by atoms with E-state index < -0.39 is 29.4 Å². The first-order chi connectivity index (χ1) is 20.0. The zero-order chi connectivity index (χ0) is 30.8. The highest BCUT2D eigenvalue weighted by atomic mass is 19.4. The van der Waals surface area contributed by atoms with Crippen LogP contribution in [0.3, 0.4) is 0 Å². The van der Waals surface area contributed by atoms with E-state index in [1.807, 2.05) is 30.3 Å². The maximum absolute atomic E-state index is 13.7. The van der Waals surface area contributed by atoms with Crippen LogP contribution < -0.4 is 21.8 Å². The fraction of sp³-hybridized carbons (Fsp3) is 0.400. The monoisotopic (exact) mass is 583 g/mol. The van der Waals surface area contributed by atoms with Gasteiger partial charge in [0.2, 0.25) is 5.91 Å². The summed E-state index contributed by atoms with van der Waals surface area (Å²) in [5.74, 6) is 8.79. The molecule has 1 aromatic heterocycles. The van der Waals surface area contributed by atoms with Gasteiger partial charge in [0, 0.05) is 29.6 Å². The molecule has 1 aliphatic heterocycles. The molecule has 1 amide bonds. The lowest BCUT2D eigenvalue weighted by molar-refractivity contribution is -0.126. The van der Waals surface area contributed by atoms with Crippen LogP contribution in [0.15, 0.2) is 65.5 Å². The molecule has 1 aromatic carbocycles. The molecule has 224 valence electrons. The predicted octanol–water partition coefficient (Wildman–Crippen LogP) is 3.96. The van der Waals surface area contributed by atoms with Crippen LogP contribution in [0, 0.1) is 12.0 Å². The van der Waals surface area contributed by atoms with E-state index in [0.717, 1.165) is 25.1 Å². The van der Waals surface area contributed by atoms with Crippen molar-refractivity contribution < 1.29 is 22.8 Å². The molecule has 0 bridgehead atoms. The minimum Gasteiger partial charge on any atom is -0.344 e. The number of hydrogen-bond donors (Lipinski definition) is 4. The number of halogens is 3. The second-order valence-corrected chi connectivity index (χ2v) is 10.3. The van der Waals surface area contributed by atoms with Gasteiger partial charge < -0.3 is 21.4 Å². The number of aromatic nitrogens is 1. The third-order valence-electron chi connectivity index (χ3n) is 7.04. The molecule has 2 unspecified atom stereocenters. The van der Waals surface area contributed by atoms with Gasteiger partial charge in [0.25, 0.3) is 0 Å². The highest BCUT2D eigenvalue weighted by molar-refractivity contribution is 5.95. The van der Waals surface area contributed by atoms with Gasteiger partial charge >= 0.3 is 6.18 Å². The van der Waals surface area contributed by atoms with E-state index >= 15 is 0 Å². The molecule has 9 nitrogen and oxygen atoms in total. The Morgan fingerprint density at radius 3 is 2.60 bits per heavy atom.